The smallest absolute Gasteiger partial charge is 0.235 e. The molecule has 4 heteroatoms. The highest BCUT2D eigenvalue weighted by Gasteiger charge is 2.20. The van der Waals surface area contributed by atoms with Crippen molar-refractivity contribution in [2.75, 3.05) is 13.0 Å². The number of nitrogens with one attached hydrogen (secondary N) is 1. The molecule has 0 bridgehead atoms. The molecule has 0 radical (unpaired) electrons. The lowest BCUT2D eigenvalue weighted by Gasteiger charge is -2.26. The van der Waals surface area contributed by atoms with Gasteiger partial charge in [-0.15, -0.1) is 11.6 Å². The van der Waals surface area contributed by atoms with Gasteiger partial charge in [-0.25, -0.2) is 0 Å². The van der Waals surface area contributed by atoms with Crippen LogP contribution in [0.5, 0.6) is 5.75 Å². The Bertz CT molecular complexity index is 391. The van der Waals surface area contributed by atoms with Gasteiger partial charge in [-0.2, -0.15) is 0 Å². The third-order valence-electron chi connectivity index (χ3n) is 2.38. The molecule has 0 spiro atoms. The van der Waals surface area contributed by atoms with E-state index in [0.29, 0.717) is 0 Å². The molecule has 94 valence electrons. The van der Waals surface area contributed by atoms with Gasteiger partial charge in [0.2, 0.25) is 5.91 Å². The minimum absolute atomic E-state index is 0.0124. The molecular formula is C13H18ClNO2. The average molecular weight is 256 g/mol. The van der Waals surface area contributed by atoms with Crippen molar-refractivity contribution in [3.63, 3.8) is 0 Å². The van der Waals surface area contributed by atoms with Crippen molar-refractivity contribution in [3.8, 4) is 5.75 Å². The maximum atomic E-state index is 11.3. The van der Waals surface area contributed by atoms with Crippen LogP contribution in [0.2, 0.25) is 0 Å². The summed E-state index contributed by atoms with van der Waals surface area (Å²) in [7, 11) is 1.64. The Morgan fingerprint density at radius 3 is 2.76 bits per heavy atom. The summed E-state index contributed by atoms with van der Waals surface area (Å²) >= 11 is 5.48. The Balaban J connectivity index is 2.71. The van der Waals surface area contributed by atoms with E-state index in [2.05, 4.69) is 5.32 Å². The van der Waals surface area contributed by atoms with E-state index in [-0.39, 0.29) is 17.3 Å². The minimum Gasteiger partial charge on any atom is -0.497 e. The SMILES string of the molecule is COc1cccc(CC(C)(C)NC(=O)CCl)c1. The highest BCUT2D eigenvalue weighted by molar-refractivity contribution is 6.27. The quantitative estimate of drug-likeness (QED) is 0.821. The highest BCUT2D eigenvalue weighted by Crippen LogP contribution is 2.17. The predicted octanol–water partition coefficient (Wildman–Crippen LogP) is 2.37. The topological polar surface area (TPSA) is 38.3 Å². The van der Waals surface area contributed by atoms with Gasteiger partial charge in [0.1, 0.15) is 11.6 Å². The lowest BCUT2D eigenvalue weighted by molar-refractivity contribution is -0.120. The monoisotopic (exact) mass is 255 g/mol. The van der Waals surface area contributed by atoms with Gasteiger partial charge in [-0.1, -0.05) is 12.1 Å². The normalized spacial score (nSPS) is 11.1. The summed E-state index contributed by atoms with van der Waals surface area (Å²) in [6.45, 7) is 3.94. The second-order valence-corrected chi connectivity index (χ2v) is 4.86. The van der Waals surface area contributed by atoms with Crippen LogP contribution < -0.4 is 10.1 Å². The van der Waals surface area contributed by atoms with Crippen LogP contribution in [0, 0.1) is 0 Å². The lowest BCUT2D eigenvalue weighted by atomic mass is 9.95. The van der Waals surface area contributed by atoms with Gasteiger partial charge in [0, 0.05) is 5.54 Å². The first-order chi connectivity index (χ1) is 7.96. The Morgan fingerprint density at radius 1 is 1.47 bits per heavy atom. The van der Waals surface area contributed by atoms with Crippen LogP contribution in [0.3, 0.4) is 0 Å². The second kappa shape index (κ2) is 5.92. The summed E-state index contributed by atoms with van der Waals surface area (Å²) in [6.07, 6.45) is 0.729. The van der Waals surface area contributed by atoms with E-state index in [0.717, 1.165) is 17.7 Å². The number of hydrogen-bond donors (Lipinski definition) is 1. The molecule has 0 aliphatic heterocycles. The fourth-order valence-corrected chi connectivity index (χ4v) is 1.81. The largest absolute Gasteiger partial charge is 0.497 e. The van der Waals surface area contributed by atoms with E-state index in [1.807, 2.05) is 38.1 Å². The molecule has 1 rings (SSSR count). The summed E-state index contributed by atoms with van der Waals surface area (Å²) < 4.78 is 5.16. The molecule has 0 aromatic heterocycles. The van der Waals surface area contributed by atoms with Crippen LogP contribution >= 0.6 is 11.6 Å². The molecule has 0 saturated heterocycles. The van der Waals surface area contributed by atoms with Gasteiger partial charge in [-0.05, 0) is 38.0 Å². The van der Waals surface area contributed by atoms with E-state index in [1.54, 1.807) is 7.11 Å². The number of ether oxygens (including phenoxy) is 1. The summed E-state index contributed by atoms with van der Waals surface area (Å²) in [4.78, 5) is 11.3. The molecule has 17 heavy (non-hydrogen) atoms. The number of benzene rings is 1. The summed E-state index contributed by atoms with van der Waals surface area (Å²) in [6, 6.07) is 7.81. The number of carbonyl (C=O) groups is 1. The average Bonchev–Trinajstić information content (AvgIpc) is 2.27. The van der Waals surface area contributed by atoms with Crippen molar-refractivity contribution in [2.45, 2.75) is 25.8 Å². The molecule has 0 heterocycles. The molecule has 1 N–H and O–H groups in total. The Kier molecular flexibility index (Phi) is 4.82. The molecule has 1 amide bonds. The molecular weight excluding hydrogens is 238 g/mol. The van der Waals surface area contributed by atoms with Crippen LogP contribution in [0.15, 0.2) is 24.3 Å². The van der Waals surface area contributed by atoms with Crippen molar-refractivity contribution >= 4 is 17.5 Å². The fraction of sp³-hybridized carbons (Fsp3) is 0.462. The maximum absolute atomic E-state index is 11.3. The summed E-state index contributed by atoms with van der Waals surface area (Å²) in [5, 5.41) is 2.88. The number of amides is 1. The Hall–Kier alpha value is -1.22. The zero-order valence-electron chi connectivity index (χ0n) is 10.4. The molecule has 0 fully saturated rings. The lowest BCUT2D eigenvalue weighted by Crippen LogP contribution is -2.45. The molecule has 1 aromatic rings. The van der Waals surface area contributed by atoms with Crippen molar-refractivity contribution in [3.05, 3.63) is 29.8 Å². The van der Waals surface area contributed by atoms with Gasteiger partial charge in [0.25, 0.3) is 0 Å². The zero-order chi connectivity index (χ0) is 12.9. The molecule has 0 unspecified atom stereocenters. The Labute approximate surface area is 107 Å². The standard InChI is InChI=1S/C13H18ClNO2/c1-13(2,15-12(16)9-14)8-10-5-4-6-11(7-10)17-3/h4-7H,8-9H2,1-3H3,(H,15,16). The van der Waals surface area contributed by atoms with Gasteiger partial charge in [-0.3, -0.25) is 4.79 Å². The molecule has 0 aliphatic carbocycles. The van der Waals surface area contributed by atoms with Crippen molar-refractivity contribution in [2.24, 2.45) is 0 Å². The number of methoxy groups -OCH3 is 1. The van der Waals surface area contributed by atoms with Crippen molar-refractivity contribution < 1.29 is 9.53 Å². The highest BCUT2D eigenvalue weighted by atomic mass is 35.5. The van der Waals surface area contributed by atoms with Gasteiger partial charge >= 0.3 is 0 Å². The molecule has 3 nitrogen and oxygen atoms in total. The van der Waals surface area contributed by atoms with Crippen LogP contribution in [0.4, 0.5) is 0 Å². The van der Waals surface area contributed by atoms with E-state index in [1.165, 1.54) is 0 Å². The maximum Gasteiger partial charge on any atom is 0.235 e. The number of rotatable bonds is 5. The van der Waals surface area contributed by atoms with Crippen LogP contribution in [0.1, 0.15) is 19.4 Å². The second-order valence-electron chi connectivity index (χ2n) is 4.59. The van der Waals surface area contributed by atoms with Crippen LogP contribution in [0.25, 0.3) is 0 Å². The van der Waals surface area contributed by atoms with E-state index in [4.69, 9.17) is 16.3 Å². The van der Waals surface area contributed by atoms with Gasteiger partial charge in [0.15, 0.2) is 0 Å². The first-order valence-corrected chi connectivity index (χ1v) is 6.00. The zero-order valence-corrected chi connectivity index (χ0v) is 11.2. The third-order valence-corrected chi connectivity index (χ3v) is 2.62. The predicted molar refractivity (Wildman–Crippen MR) is 69.6 cm³/mol. The molecule has 0 atom stereocenters. The number of alkyl halides is 1. The number of halogens is 1. The Morgan fingerprint density at radius 2 is 2.18 bits per heavy atom. The number of hydrogen-bond acceptors (Lipinski definition) is 2. The van der Waals surface area contributed by atoms with Crippen LogP contribution in [-0.2, 0) is 11.2 Å². The van der Waals surface area contributed by atoms with Gasteiger partial charge in [0.05, 0.1) is 7.11 Å². The molecule has 0 aliphatic rings. The summed E-state index contributed by atoms with van der Waals surface area (Å²) in [5.41, 5.74) is 0.794. The third kappa shape index (κ3) is 4.65. The van der Waals surface area contributed by atoms with Gasteiger partial charge < -0.3 is 10.1 Å². The van der Waals surface area contributed by atoms with E-state index < -0.39 is 0 Å². The minimum atomic E-state index is -0.321. The van der Waals surface area contributed by atoms with Crippen molar-refractivity contribution in [1.82, 2.24) is 5.32 Å². The molecule has 0 saturated carbocycles. The number of carbonyl (C=O) groups excluding carboxylic acids is 1. The molecule has 1 aromatic carbocycles. The van der Waals surface area contributed by atoms with Crippen LogP contribution in [-0.4, -0.2) is 24.4 Å². The first-order valence-electron chi connectivity index (χ1n) is 5.47. The first kappa shape index (κ1) is 13.8. The summed E-state index contributed by atoms with van der Waals surface area (Å²) in [5.74, 6) is 0.656. The van der Waals surface area contributed by atoms with E-state index in [9.17, 15) is 4.79 Å². The van der Waals surface area contributed by atoms with Crippen molar-refractivity contribution in [1.29, 1.82) is 0 Å². The van der Waals surface area contributed by atoms with E-state index >= 15 is 0 Å². The fourth-order valence-electron chi connectivity index (χ4n) is 1.75.